The zero-order valence-electron chi connectivity index (χ0n) is 15.0. The summed E-state index contributed by atoms with van der Waals surface area (Å²) in [5.74, 6) is 1.22. The lowest BCUT2D eigenvalue weighted by Gasteiger charge is -2.43. The minimum atomic E-state index is 0.173. The van der Waals surface area contributed by atoms with Crippen LogP contribution in [0.15, 0.2) is 0 Å². The molecule has 126 valence electrons. The maximum absolute atomic E-state index is 5.85. The van der Waals surface area contributed by atoms with Crippen LogP contribution in [0, 0.1) is 5.41 Å². The Morgan fingerprint density at radius 3 is 2.57 bits per heavy atom. The van der Waals surface area contributed by atoms with Crippen LogP contribution >= 0.6 is 11.8 Å². The average Bonchev–Trinajstić information content (AvgIpc) is 2.43. The van der Waals surface area contributed by atoms with Crippen molar-refractivity contribution in [2.24, 2.45) is 5.41 Å². The molecule has 1 rings (SSSR count). The van der Waals surface area contributed by atoms with Crippen molar-refractivity contribution in [2.75, 3.05) is 45.4 Å². The van der Waals surface area contributed by atoms with Crippen LogP contribution < -0.4 is 5.32 Å². The second-order valence-electron chi connectivity index (χ2n) is 7.69. The minimum Gasteiger partial charge on any atom is -0.381 e. The molecular formula is C17H36N2OS. The Morgan fingerprint density at radius 1 is 1.38 bits per heavy atom. The van der Waals surface area contributed by atoms with Gasteiger partial charge in [-0.05, 0) is 53.3 Å². The van der Waals surface area contributed by atoms with E-state index in [0.717, 1.165) is 26.3 Å². The number of ether oxygens (including phenoxy) is 1. The van der Waals surface area contributed by atoms with Gasteiger partial charge in [-0.25, -0.2) is 0 Å². The van der Waals surface area contributed by atoms with Gasteiger partial charge in [0.1, 0.15) is 0 Å². The van der Waals surface area contributed by atoms with Crippen LogP contribution in [-0.2, 0) is 4.74 Å². The number of nitrogens with zero attached hydrogens (tertiary/aromatic N) is 1. The van der Waals surface area contributed by atoms with Gasteiger partial charge in [0.2, 0.25) is 0 Å². The predicted octanol–water partition coefficient (Wildman–Crippen LogP) is 3.24. The number of hydrogen-bond donors (Lipinski definition) is 1. The first-order valence-electron chi connectivity index (χ1n) is 8.34. The maximum atomic E-state index is 5.85. The summed E-state index contributed by atoms with van der Waals surface area (Å²) in [6, 6.07) is 0.674. The molecule has 0 radical (unpaired) electrons. The maximum Gasteiger partial charge on any atom is 0.0546 e. The van der Waals surface area contributed by atoms with Crippen LogP contribution in [0.1, 0.15) is 47.0 Å². The number of hydrogen-bond acceptors (Lipinski definition) is 4. The molecule has 4 heteroatoms. The van der Waals surface area contributed by atoms with E-state index in [1.54, 1.807) is 0 Å². The fourth-order valence-electron chi connectivity index (χ4n) is 3.09. The van der Waals surface area contributed by atoms with Gasteiger partial charge in [0.15, 0.2) is 0 Å². The minimum absolute atomic E-state index is 0.173. The van der Waals surface area contributed by atoms with Gasteiger partial charge in [0, 0.05) is 42.4 Å². The number of rotatable bonds is 8. The van der Waals surface area contributed by atoms with Gasteiger partial charge in [-0.1, -0.05) is 6.92 Å². The van der Waals surface area contributed by atoms with E-state index in [-0.39, 0.29) is 11.0 Å². The molecule has 0 saturated carbocycles. The van der Waals surface area contributed by atoms with E-state index in [1.165, 1.54) is 25.0 Å². The third-order valence-corrected chi connectivity index (χ3v) is 5.15. The van der Waals surface area contributed by atoms with Crippen molar-refractivity contribution in [3.05, 3.63) is 0 Å². The van der Waals surface area contributed by atoms with Crippen molar-refractivity contribution in [2.45, 2.75) is 58.5 Å². The van der Waals surface area contributed by atoms with E-state index >= 15 is 0 Å². The Balaban J connectivity index is 2.68. The highest BCUT2D eigenvalue weighted by Gasteiger charge is 2.36. The molecular weight excluding hydrogens is 280 g/mol. The molecule has 0 spiro atoms. The third kappa shape index (κ3) is 6.89. The summed E-state index contributed by atoms with van der Waals surface area (Å²) in [6.07, 6.45) is 5.90. The quantitative estimate of drug-likeness (QED) is 0.743. The average molecular weight is 317 g/mol. The Hall–Kier alpha value is 0.230. The summed E-state index contributed by atoms with van der Waals surface area (Å²) in [7, 11) is 2.29. The van der Waals surface area contributed by atoms with E-state index in [0.29, 0.717) is 6.04 Å². The van der Waals surface area contributed by atoms with Gasteiger partial charge in [-0.3, -0.25) is 0 Å². The molecule has 1 saturated heterocycles. The van der Waals surface area contributed by atoms with E-state index in [2.05, 4.69) is 51.2 Å². The number of thioether (sulfide) groups is 1. The second kappa shape index (κ2) is 8.76. The standard InChI is InChI=1S/C17H36N2OS/c1-7-15(11-21-6)19(5)13-17(9-8-10-20-14-17)12-18-16(2,3)4/h15,18H,7-14H2,1-6H3. The molecule has 0 aromatic carbocycles. The normalized spacial score (nSPS) is 25.3. The molecule has 21 heavy (non-hydrogen) atoms. The Labute approximate surface area is 136 Å². The van der Waals surface area contributed by atoms with Crippen molar-refractivity contribution in [3.63, 3.8) is 0 Å². The van der Waals surface area contributed by atoms with E-state index < -0.39 is 0 Å². The molecule has 0 amide bonds. The summed E-state index contributed by atoms with van der Waals surface area (Å²) in [5.41, 5.74) is 0.443. The molecule has 1 aliphatic heterocycles. The van der Waals surface area contributed by atoms with Crippen LogP contribution in [-0.4, -0.2) is 61.8 Å². The summed E-state index contributed by atoms with van der Waals surface area (Å²) in [6.45, 7) is 13.1. The Morgan fingerprint density at radius 2 is 2.10 bits per heavy atom. The fourth-order valence-corrected chi connectivity index (χ4v) is 3.97. The largest absolute Gasteiger partial charge is 0.381 e. The molecule has 0 aromatic heterocycles. The highest BCUT2D eigenvalue weighted by molar-refractivity contribution is 7.98. The van der Waals surface area contributed by atoms with E-state index in [9.17, 15) is 0 Å². The van der Waals surface area contributed by atoms with Crippen LogP contribution in [0.25, 0.3) is 0 Å². The van der Waals surface area contributed by atoms with Crippen molar-refractivity contribution in [3.8, 4) is 0 Å². The molecule has 0 aromatic rings. The van der Waals surface area contributed by atoms with Gasteiger partial charge < -0.3 is 15.0 Å². The molecule has 2 atom stereocenters. The molecule has 2 unspecified atom stereocenters. The van der Waals surface area contributed by atoms with Crippen LogP contribution in [0.5, 0.6) is 0 Å². The highest BCUT2D eigenvalue weighted by Crippen LogP contribution is 2.30. The van der Waals surface area contributed by atoms with E-state index in [1.807, 2.05) is 11.8 Å². The zero-order chi connectivity index (χ0) is 15.9. The molecule has 0 aliphatic carbocycles. The summed E-state index contributed by atoms with van der Waals surface area (Å²) in [4.78, 5) is 2.56. The summed E-state index contributed by atoms with van der Waals surface area (Å²) in [5, 5.41) is 3.71. The van der Waals surface area contributed by atoms with Gasteiger partial charge in [0.25, 0.3) is 0 Å². The monoisotopic (exact) mass is 316 g/mol. The smallest absolute Gasteiger partial charge is 0.0546 e. The number of nitrogens with one attached hydrogen (secondary N) is 1. The highest BCUT2D eigenvalue weighted by atomic mass is 32.2. The first-order valence-corrected chi connectivity index (χ1v) is 9.73. The molecule has 1 N–H and O–H groups in total. The zero-order valence-corrected chi connectivity index (χ0v) is 15.8. The van der Waals surface area contributed by atoms with Crippen LogP contribution in [0.2, 0.25) is 0 Å². The van der Waals surface area contributed by atoms with Gasteiger partial charge in [0.05, 0.1) is 6.61 Å². The molecule has 1 aliphatic rings. The van der Waals surface area contributed by atoms with Crippen LogP contribution in [0.3, 0.4) is 0 Å². The third-order valence-electron chi connectivity index (χ3n) is 4.44. The van der Waals surface area contributed by atoms with Crippen molar-refractivity contribution in [1.29, 1.82) is 0 Å². The van der Waals surface area contributed by atoms with E-state index in [4.69, 9.17) is 4.74 Å². The predicted molar refractivity (Wildman–Crippen MR) is 95.3 cm³/mol. The van der Waals surface area contributed by atoms with Crippen LogP contribution in [0.4, 0.5) is 0 Å². The SMILES string of the molecule is CCC(CSC)N(C)CC1(CNC(C)(C)C)CCCOC1. The Bertz CT molecular complexity index is 285. The van der Waals surface area contributed by atoms with Crippen molar-refractivity contribution >= 4 is 11.8 Å². The lowest BCUT2D eigenvalue weighted by atomic mass is 9.81. The van der Waals surface area contributed by atoms with Crippen molar-refractivity contribution in [1.82, 2.24) is 10.2 Å². The molecule has 1 heterocycles. The topological polar surface area (TPSA) is 24.5 Å². The summed E-state index contributed by atoms with van der Waals surface area (Å²) >= 11 is 1.95. The summed E-state index contributed by atoms with van der Waals surface area (Å²) < 4.78 is 5.85. The molecule has 1 fully saturated rings. The lowest BCUT2D eigenvalue weighted by Crippen LogP contribution is -2.53. The Kier molecular flexibility index (Phi) is 8.04. The second-order valence-corrected chi connectivity index (χ2v) is 8.60. The van der Waals surface area contributed by atoms with Gasteiger partial charge in [-0.15, -0.1) is 0 Å². The molecule has 0 bridgehead atoms. The fraction of sp³-hybridized carbons (Fsp3) is 1.00. The van der Waals surface area contributed by atoms with Crippen molar-refractivity contribution < 1.29 is 4.74 Å². The lowest BCUT2D eigenvalue weighted by molar-refractivity contribution is -0.0298. The van der Waals surface area contributed by atoms with Gasteiger partial charge in [-0.2, -0.15) is 11.8 Å². The van der Waals surface area contributed by atoms with Gasteiger partial charge >= 0.3 is 0 Å². The first kappa shape index (κ1) is 19.3. The first-order chi connectivity index (χ1) is 9.82. The molecule has 3 nitrogen and oxygen atoms in total.